The molecule has 2 N–H and O–H groups in total. The predicted octanol–water partition coefficient (Wildman–Crippen LogP) is 4.10. The van der Waals surface area contributed by atoms with Gasteiger partial charge in [0, 0.05) is 24.0 Å². The van der Waals surface area contributed by atoms with Gasteiger partial charge in [-0.3, -0.25) is 4.79 Å². The number of rotatable bonds is 6. The van der Waals surface area contributed by atoms with Gasteiger partial charge in [0.05, 0.1) is 20.1 Å². The number of ether oxygens (including phenoxy) is 4. The van der Waals surface area contributed by atoms with E-state index >= 15 is 0 Å². The van der Waals surface area contributed by atoms with Crippen molar-refractivity contribution in [1.82, 2.24) is 0 Å². The highest BCUT2D eigenvalue weighted by Gasteiger charge is 2.38. The van der Waals surface area contributed by atoms with Gasteiger partial charge in [0.15, 0.2) is 5.78 Å². The largest absolute Gasteiger partial charge is 0.497 e. The quantitative estimate of drug-likeness (QED) is 0.733. The molecular formula is C25H24N2O5. The van der Waals surface area contributed by atoms with Gasteiger partial charge >= 0.3 is 0 Å². The number of ketones is 1. The summed E-state index contributed by atoms with van der Waals surface area (Å²) in [5.41, 5.74) is 8.37. The second-order valence-corrected chi connectivity index (χ2v) is 7.57. The summed E-state index contributed by atoms with van der Waals surface area (Å²) in [7, 11) is 3.19. The topological polar surface area (TPSA) is 104 Å². The lowest BCUT2D eigenvalue weighted by molar-refractivity contribution is -0.116. The number of nitriles is 1. The first-order valence-corrected chi connectivity index (χ1v) is 10.3. The summed E-state index contributed by atoms with van der Waals surface area (Å²) in [6.07, 6.45) is 1.77. The number of Topliss-reactive ketones (excluding diaryl/α,β-unsaturated/α-hetero) is 1. The first-order chi connectivity index (χ1) is 15.5. The Hall–Kier alpha value is -3.92. The zero-order valence-corrected chi connectivity index (χ0v) is 18.0. The molecule has 0 spiro atoms. The van der Waals surface area contributed by atoms with E-state index in [1.165, 1.54) is 0 Å². The highest BCUT2D eigenvalue weighted by molar-refractivity contribution is 5.99. The van der Waals surface area contributed by atoms with Crippen LogP contribution < -0.4 is 19.9 Å². The van der Waals surface area contributed by atoms with E-state index in [2.05, 4.69) is 6.07 Å². The maximum absolute atomic E-state index is 12.7. The van der Waals surface area contributed by atoms with Gasteiger partial charge in [0.2, 0.25) is 5.88 Å². The Morgan fingerprint density at radius 3 is 2.53 bits per heavy atom. The summed E-state index contributed by atoms with van der Waals surface area (Å²) in [5, 5.41) is 9.74. The normalized spacial score (nSPS) is 17.9. The third kappa shape index (κ3) is 4.00. The van der Waals surface area contributed by atoms with Crippen LogP contribution in [-0.2, 0) is 16.1 Å². The lowest BCUT2D eigenvalue weighted by Gasteiger charge is -2.31. The standard InChI is InChI=1S/C25H24N2O5/c1-29-17-8-10-18(11-9-17)31-14-16-7-6-15(12-22(16)30-2)23-19(13-26)25(27)32-21-5-3-4-20(28)24(21)23/h6-12,23H,3-5,14,27H2,1-2H3/t23-/m1/s1. The number of hydrogen-bond donors (Lipinski definition) is 1. The fraction of sp³-hybridized carbons (Fsp3) is 0.280. The molecule has 164 valence electrons. The SMILES string of the molecule is COc1ccc(OCc2ccc([C@@H]3C(C#N)=C(N)OC4=C3C(=O)CCC4)cc2OC)cc1. The van der Waals surface area contributed by atoms with E-state index in [4.69, 9.17) is 24.7 Å². The molecule has 1 aliphatic heterocycles. The third-order valence-corrected chi connectivity index (χ3v) is 5.70. The van der Waals surface area contributed by atoms with Crippen molar-refractivity contribution in [1.29, 1.82) is 5.26 Å². The Kier molecular flexibility index (Phi) is 6.04. The van der Waals surface area contributed by atoms with Crippen molar-refractivity contribution in [2.24, 2.45) is 5.73 Å². The Labute approximate surface area is 186 Å². The number of nitrogens with zero attached hydrogens (tertiary/aromatic N) is 1. The summed E-state index contributed by atoms with van der Waals surface area (Å²) < 4.78 is 22.3. The molecule has 0 fully saturated rings. The molecule has 0 radical (unpaired) electrons. The van der Waals surface area contributed by atoms with Crippen LogP contribution >= 0.6 is 0 Å². The molecule has 2 aromatic rings. The molecule has 1 heterocycles. The van der Waals surface area contributed by atoms with Crippen molar-refractivity contribution >= 4 is 5.78 Å². The smallest absolute Gasteiger partial charge is 0.205 e. The van der Waals surface area contributed by atoms with Crippen LogP contribution in [0.3, 0.4) is 0 Å². The minimum absolute atomic E-state index is 0.0117. The van der Waals surface area contributed by atoms with E-state index < -0.39 is 5.92 Å². The first-order valence-electron chi connectivity index (χ1n) is 10.3. The van der Waals surface area contributed by atoms with Gasteiger partial charge in [0.1, 0.15) is 41.3 Å². The first kappa shape index (κ1) is 21.3. The Balaban J connectivity index is 1.64. The zero-order valence-electron chi connectivity index (χ0n) is 18.0. The Morgan fingerprint density at radius 2 is 1.84 bits per heavy atom. The van der Waals surface area contributed by atoms with Crippen molar-refractivity contribution < 1.29 is 23.7 Å². The lowest BCUT2D eigenvalue weighted by atomic mass is 9.77. The van der Waals surface area contributed by atoms with Crippen molar-refractivity contribution in [3.63, 3.8) is 0 Å². The van der Waals surface area contributed by atoms with Gasteiger partial charge in [0.25, 0.3) is 0 Å². The molecule has 0 saturated heterocycles. The molecule has 0 amide bonds. The number of allylic oxidation sites excluding steroid dienone is 3. The fourth-order valence-corrected chi connectivity index (χ4v) is 4.08. The van der Waals surface area contributed by atoms with Crippen molar-refractivity contribution in [2.45, 2.75) is 31.8 Å². The highest BCUT2D eigenvalue weighted by Crippen LogP contribution is 2.44. The molecule has 2 aromatic carbocycles. The highest BCUT2D eigenvalue weighted by atomic mass is 16.5. The second kappa shape index (κ2) is 9.06. The molecule has 0 aromatic heterocycles. The second-order valence-electron chi connectivity index (χ2n) is 7.57. The maximum atomic E-state index is 12.7. The van der Waals surface area contributed by atoms with Gasteiger partial charge in [-0.2, -0.15) is 5.26 Å². The van der Waals surface area contributed by atoms with E-state index in [1.807, 2.05) is 42.5 Å². The number of nitrogens with two attached hydrogens (primary N) is 1. The monoisotopic (exact) mass is 432 g/mol. The van der Waals surface area contributed by atoms with Gasteiger partial charge in [-0.1, -0.05) is 12.1 Å². The van der Waals surface area contributed by atoms with Crippen LogP contribution in [0.15, 0.2) is 65.3 Å². The van der Waals surface area contributed by atoms with Crippen LogP contribution in [0.5, 0.6) is 17.2 Å². The van der Waals surface area contributed by atoms with E-state index in [9.17, 15) is 10.1 Å². The minimum Gasteiger partial charge on any atom is -0.497 e. The molecule has 0 saturated carbocycles. The molecule has 1 atom stereocenters. The van der Waals surface area contributed by atoms with E-state index in [0.29, 0.717) is 48.7 Å². The molecule has 7 nitrogen and oxygen atoms in total. The minimum atomic E-state index is -0.568. The summed E-state index contributed by atoms with van der Waals surface area (Å²) in [6.45, 7) is 0.291. The van der Waals surface area contributed by atoms with Crippen LogP contribution in [0.1, 0.15) is 36.3 Å². The van der Waals surface area contributed by atoms with Crippen LogP contribution in [0, 0.1) is 11.3 Å². The average molecular weight is 432 g/mol. The van der Waals surface area contributed by atoms with Crippen molar-refractivity contribution in [2.75, 3.05) is 14.2 Å². The molecule has 2 aliphatic rings. The third-order valence-electron chi connectivity index (χ3n) is 5.70. The lowest BCUT2D eigenvalue weighted by Crippen LogP contribution is -2.27. The summed E-state index contributed by atoms with van der Waals surface area (Å²) in [5.74, 6) is 2.09. The van der Waals surface area contributed by atoms with Crippen LogP contribution in [-0.4, -0.2) is 20.0 Å². The molecule has 32 heavy (non-hydrogen) atoms. The van der Waals surface area contributed by atoms with E-state index in [1.54, 1.807) is 14.2 Å². The van der Waals surface area contributed by atoms with Crippen LogP contribution in [0.4, 0.5) is 0 Å². The van der Waals surface area contributed by atoms with Crippen molar-refractivity contribution in [3.05, 3.63) is 76.4 Å². The molecule has 0 bridgehead atoms. The van der Waals surface area contributed by atoms with Gasteiger partial charge in [-0.15, -0.1) is 0 Å². The molecule has 0 unspecified atom stereocenters. The number of methoxy groups -OCH3 is 2. The Morgan fingerprint density at radius 1 is 1.09 bits per heavy atom. The summed E-state index contributed by atoms with van der Waals surface area (Å²) >= 11 is 0. The summed E-state index contributed by atoms with van der Waals surface area (Å²) in [4.78, 5) is 12.7. The Bertz CT molecular complexity index is 1140. The number of benzene rings is 2. The number of carbonyl (C=O) groups is 1. The van der Waals surface area contributed by atoms with Gasteiger partial charge in [-0.25, -0.2) is 0 Å². The van der Waals surface area contributed by atoms with Crippen LogP contribution in [0.2, 0.25) is 0 Å². The van der Waals surface area contributed by atoms with Crippen LogP contribution in [0.25, 0.3) is 0 Å². The fourth-order valence-electron chi connectivity index (χ4n) is 4.08. The maximum Gasteiger partial charge on any atom is 0.205 e. The predicted molar refractivity (Wildman–Crippen MR) is 117 cm³/mol. The molecule has 4 rings (SSSR count). The zero-order chi connectivity index (χ0) is 22.7. The van der Waals surface area contributed by atoms with Gasteiger partial charge in [-0.05, 0) is 42.3 Å². The van der Waals surface area contributed by atoms with Crippen molar-refractivity contribution in [3.8, 4) is 23.3 Å². The molecule has 1 aliphatic carbocycles. The molecular weight excluding hydrogens is 408 g/mol. The number of hydrogen-bond acceptors (Lipinski definition) is 7. The van der Waals surface area contributed by atoms with Gasteiger partial charge < -0.3 is 24.7 Å². The molecule has 7 heteroatoms. The van der Waals surface area contributed by atoms with E-state index in [-0.39, 0.29) is 17.2 Å². The number of carbonyl (C=O) groups excluding carboxylic acids is 1. The summed E-state index contributed by atoms with van der Waals surface area (Å²) in [6, 6.07) is 15.0. The van der Waals surface area contributed by atoms with E-state index in [0.717, 1.165) is 16.9 Å². The average Bonchev–Trinajstić information content (AvgIpc) is 2.82.